The van der Waals surface area contributed by atoms with Crippen LogP contribution in [-0.4, -0.2) is 22.8 Å². The minimum Gasteiger partial charge on any atom is -0.474 e. The Kier molecular flexibility index (Phi) is 6.65. The van der Waals surface area contributed by atoms with Crippen molar-refractivity contribution in [2.24, 2.45) is 5.92 Å². The van der Waals surface area contributed by atoms with Crippen LogP contribution >= 0.6 is 0 Å². The molecular formula is C14H25N3O. The quantitative estimate of drug-likeness (QED) is 0.722. The van der Waals surface area contributed by atoms with Crippen LogP contribution < -0.4 is 10.1 Å². The van der Waals surface area contributed by atoms with E-state index in [1.165, 1.54) is 0 Å². The van der Waals surface area contributed by atoms with Gasteiger partial charge in [-0.3, -0.25) is 0 Å². The normalized spacial score (nSPS) is 12.7. The van der Waals surface area contributed by atoms with Crippen molar-refractivity contribution in [3.8, 4) is 5.88 Å². The average molecular weight is 251 g/mol. The molecule has 1 N–H and O–H groups in total. The summed E-state index contributed by atoms with van der Waals surface area (Å²) in [6.07, 6.45) is 2.34. The zero-order valence-electron chi connectivity index (χ0n) is 11.9. The molecule has 18 heavy (non-hydrogen) atoms. The number of aromatic nitrogens is 2. The van der Waals surface area contributed by atoms with Gasteiger partial charge in [-0.05, 0) is 38.3 Å². The highest BCUT2D eigenvalue weighted by molar-refractivity contribution is 5.11. The first-order valence-electron chi connectivity index (χ1n) is 6.81. The second-order valence-corrected chi connectivity index (χ2v) is 5.10. The lowest BCUT2D eigenvalue weighted by atomic mass is 10.1. The maximum atomic E-state index is 5.71. The van der Waals surface area contributed by atoms with Crippen LogP contribution in [0.4, 0.5) is 0 Å². The number of rotatable bonds is 8. The van der Waals surface area contributed by atoms with E-state index in [9.17, 15) is 0 Å². The fourth-order valence-corrected chi connectivity index (χ4v) is 1.82. The van der Waals surface area contributed by atoms with Gasteiger partial charge >= 0.3 is 0 Å². The van der Waals surface area contributed by atoms with Crippen molar-refractivity contribution in [3.05, 3.63) is 17.8 Å². The standard InChI is InChI=1S/C14H25N3O/c1-5-8-15-10-13-6-7-14(17-16-13)18-12(4)9-11(2)3/h6-7,11-12,15H,5,8-10H2,1-4H3. The topological polar surface area (TPSA) is 47.0 Å². The molecule has 0 amide bonds. The lowest BCUT2D eigenvalue weighted by molar-refractivity contribution is 0.183. The summed E-state index contributed by atoms with van der Waals surface area (Å²) in [5, 5.41) is 11.5. The Bertz CT molecular complexity index is 324. The predicted molar refractivity (Wildman–Crippen MR) is 73.6 cm³/mol. The van der Waals surface area contributed by atoms with Gasteiger partial charge in [-0.2, -0.15) is 5.10 Å². The highest BCUT2D eigenvalue weighted by Gasteiger charge is 2.07. The van der Waals surface area contributed by atoms with Gasteiger partial charge in [-0.15, -0.1) is 5.10 Å². The Morgan fingerprint density at radius 1 is 1.22 bits per heavy atom. The van der Waals surface area contributed by atoms with Crippen molar-refractivity contribution in [2.75, 3.05) is 6.54 Å². The monoisotopic (exact) mass is 251 g/mol. The van der Waals surface area contributed by atoms with E-state index in [1.807, 2.05) is 12.1 Å². The second-order valence-electron chi connectivity index (χ2n) is 5.10. The zero-order chi connectivity index (χ0) is 13.4. The SMILES string of the molecule is CCCNCc1ccc(OC(C)CC(C)C)nn1. The molecule has 0 spiro atoms. The maximum Gasteiger partial charge on any atom is 0.233 e. The lowest BCUT2D eigenvalue weighted by Crippen LogP contribution is -2.17. The van der Waals surface area contributed by atoms with Gasteiger partial charge in [0.05, 0.1) is 11.8 Å². The van der Waals surface area contributed by atoms with Gasteiger partial charge in [-0.25, -0.2) is 0 Å². The average Bonchev–Trinajstić information content (AvgIpc) is 2.30. The molecule has 1 rings (SSSR count). The summed E-state index contributed by atoms with van der Waals surface area (Å²) >= 11 is 0. The highest BCUT2D eigenvalue weighted by atomic mass is 16.5. The Morgan fingerprint density at radius 2 is 2.00 bits per heavy atom. The van der Waals surface area contributed by atoms with Crippen LogP contribution in [0.2, 0.25) is 0 Å². The first-order valence-corrected chi connectivity index (χ1v) is 6.81. The molecule has 1 heterocycles. The van der Waals surface area contributed by atoms with E-state index in [2.05, 4.69) is 43.2 Å². The summed E-state index contributed by atoms with van der Waals surface area (Å²) in [5.74, 6) is 1.24. The highest BCUT2D eigenvalue weighted by Crippen LogP contribution is 2.12. The zero-order valence-corrected chi connectivity index (χ0v) is 11.9. The molecule has 0 radical (unpaired) electrons. The molecule has 102 valence electrons. The van der Waals surface area contributed by atoms with Crippen LogP contribution in [-0.2, 0) is 6.54 Å². The van der Waals surface area contributed by atoms with Gasteiger partial charge in [0.1, 0.15) is 0 Å². The van der Waals surface area contributed by atoms with Crippen molar-refractivity contribution in [2.45, 2.75) is 53.2 Å². The van der Waals surface area contributed by atoms with E-state index < -0.39 is 0 Å². The molecule has 4 heteroatoms. The van der Waals surface area contributed by atoms with Gasteiger partial charge in [-0.1, -0.05) is 20.8 Å². The summed E-state index contributed by atoms with van der Waals surface area (Å²) in [7, 11) is 0. The molecule has 0 aromatic carbocycles. The molecule has 0 aliphatic heterocycles. The number of ether oxygens (including phenoxy) is 1. The summed E-state index contributed by atoms with van der Waals surface area (Å²) < 4.78 is 5.71. The Morgan fingerprint density at radius 3 is 2.56 bits per heavy atom. The molecule has 0 aliphatic carbocycles. The Labute approximate surface area is 110 Å². The lowest BCUT2D eigenvalue weighted by Gasteiger charge is -2.15. The largest absolute Gasteiger partial charge is 0.474 e. The first kappa shape index (κ1) is 14.9. The number of hydrogen-bond donors (Lipinski definition) is 1. The van der Waals surface area contributed by atoms with Gasteiger partial charge < -0.3 is 10.1 Å². The van der Waals surface area contributed by atoms with Crippen molar-refractivity contribution >= 4 is 0 Å². The van der Waals surface area contributed by atoms with Crippen LogP contribution in [0.3, 0.4) is 0 Å². The van der Waals surface area contributed by atoms with Crippen LogP contribution in [0, 0.1) is 5.92 Å². The molecule has 1 aromatic heterocycles. The van der Waals surface area contributed by atoms with Gasteiger partial charge in [0.2, 0.25) is 5.88 Å². The van der Waals surface area contributed by atoms with E-state index in [0.29, 0.717) is 11.8 Å². The molecule has 4 nitrogen and oxygen atoms in total. The fraction of sp³-hybridized carbons (Fsp3) is 0.714. The second kappa shape index (κ2) is 8.03. The van der Waals surface area contributed by atoms with E-state index in [0.717, 1.165) is 31.6 Å². The van der Waals surface area contributed by atoms with Crippen molar-refractivity contribution in [1.82, 2.24) is 15.5 Å². The van der Waals surface area contributed by atoms with Crippen LogP contribution in [0.15, 0.2) is 12.1 Å². The van der Waals surface area contributed by atoms with Crippen molar-refractivity contribution in [3.63, 3.8) is 0 Å². The van der Waals surface area contributed by atoms with E-state index in [-0.39, 0.29) is 6.10 Å². The summed E-state index contributed by atoms with van der Waals surface area (Å²) in [4.78, 5) is 0. The molecule has 0 bridgehead atoms. The minimum absolute atomic E-state index is 0.184. The predicted octanol–water partition coefficient (Wildman–Crippen LogP) is 2.79. The first-order chi connectivity index (χ1) is 8.61. The molecule has 0 saturated carbocycles. The molecule has 1 aromatic rings. The van der Waals surface area contributed by atoms with Gasteiger partial charge in [0, 0.05) is 12.6 Å². The molecule has 0 fully saturated rings. The molecular weight excluding hydrogens is 226 g/mol. The number of nitrogens with one attached hydrogen (secondary N) is 1. The summed E-state index contributed by atoms with van der Waals surface area (Å²) in [6.45, 7) is 10.4. The van der Waals surface area contributed by atoms with E-state index in [4.69, 9.17) is 4.74 Å². The van der Waals surface area contributed by atoms with Crippen molar-refractivity contribution in [1.29, 1.82) is 0 Å². The molecule has 1 unspecified atom stereocenters. The molecule has 1 atom stereocenters. The molecule has 0 saturated heterocycles. The third-order valence-electron chi connectivity index (χ3n) is 2.55. The van der Waals surface area contributed by atoms with Crippen LogP contribution in [0.1, 0.15) is 46.2 Å². The van der Waals surface area contributed by atoms with Crippen LogP contribution in [0.25, 0.3) is 0 Å². The number of hydrogen-bond acceptors (Lipinski definition) is 4. The summed E-state index contributed by atoms with van der Waals surface area (Å²) in [6, 6.07) is 3.86. The van der Waals surface area contributed by atoms with Gasteiger partial charge in [0.15, 0.2) is 0 Å². The fourth-order valence-electron chi connectivity index (χ4n) is 1.82. The summed E-state index contributed by atoms with van der Waals surface area (Å²) in [5.41, 5.74) is 0.951. The Balaban J connectivity index is 2.39. The molecule has 0 aliphatic rings. The van der Waals surface area contributed by atoms with Crippen molar-refractivity contribution < 1.29 is 4.74 Å². The third kappa shape index (κ3) is 5.96. The van der Waals surface area contributed by atoms with E-state index in [1.54, 1.807) is 0 Å². The van der Waals surface area contributed by atoms with Crippen LogP contribution in [0.5, 0.6) is 5.88 Å². The van der Waals surface area contributed by atoms with Gasteiger partial charge in [0.25, 0.3) is 0 Å². The van der Waals surface area contributed by atoms with E-state index >= 15 is 0 Å². The maximum absolute atomic E-state index is 5.71. The number of nitrogens with zero attached hydrogens (tertiary/aromatic N) is 2. The third-order valence-corrected chi connectivity index (χ3v) is 2.55. The minimum atomic E-state index is 0.184. The smallest absolute Gasteiger partial charge is 0.233 e. The Hall–Kier alpha value is -1.16.